The molecule has 19 heavy (non-hydrogen) atoms. The number of nitrogens with one attached hydrogen (secondary N) is 1. The second-order valence-electron chi connectivity index (χ2n) is 5.04. The maximum atomic E-state index is 14.4. The number of alkyl halides is 1. The average Bonchev–Trinajstić information content (AvgIpc) is 2.41. The first kappa shape index (κ1) is 13.9. The van der Waals surface area contributed by atoms with Crippen LogP contribution >= 0.6 is 0 Å². The summed E-state index contributed by atoms with van der Waals surface area (Å²) in [6.45, 7) is 1.14. The number of piperidine rings is 1. The first-order chi connectivity index (χ1) is 9.01. The average molecular weight is 268 g/mol. The van der Waals surface area contributed by atoms with E-state index in [1.165, 1.54) is 6.07 Å². The smallest absolute Gasteiger partial charge is 0.258 e. The predicted octanol–water partition coefficient (Wildman–Crippen LogP) is 1.88. The lowest BCUT2D eigenvalue weighted by Crippen LogP contribution is -2.50. The van der Waals surface area contributed by atoms with Gasteiger partial charge in [-0.25, -0.2) is 8.78 Å². The second-order valence-corrected chi connectivity index (χ2v) is 5.04. The number of likely N-dealkylation sites (tertiary alicyclic amines) is 1. The third kappa shape index (κ3) is 3.29. The lowest BCUT2D eigenvalue weighted by molar-refractivity contribution is -0.136. The molecule has 0 spiro atoms. The normalized spacial score (nSPS) is 19.1. The molecule has 1 aromatic carbocycles. The van der Waals surface area contributed by atoms with Crippen molar-refractivity contribution >= 4 is 5.91 Å². The molecular weight excluding hydrogens is 250 g/mol. The minimum Gasteiger partial charge on any atom is -0.349 e. The number of halogens is 2. The number of benzene rings is 1. The molecular formula is C14H18F2N2O. The Morgan fingerprint density at radius 2 is 2.00 bits per heavy atom. The van der Waals surface area contributed by atoms with Gasteiger partial charge in [0.15, 0.2) is 5.67 Å². The third-order valence-corrected chi connectivity index (χ3v) is 3.58. The van der Waals surface area contributed by atoms with E-state index in [0.29, 0.717) is 18.7 Å². The highest BCUT2D eigenvalue weighted by molar-refractivity contribution is 5.85. The number of amides is 1. The molecule has 0 bridgehead atoms. The van der Waals surface area contributed by atoms with Gasteiger partial charge >= 0.3 is 0 Å². The zero-order valence-corrected chi connectivity index (χ0v) is 11.0. The van der Waals surface area contributed by atoms with E-state index in [2.05, 4.69) is 5.32 Å². The molecule has 3 nitrogen and oxygen atoms in total. The molecule has 0 unspecified atom stereocenters. The van der Waals surface area contributed by atoms with E-state index in [4.69, 9.17) is 0 Å². The Balaban J connectivity index is 1.93. The number of rotatable bonds is 3. The van der Waals surface area contributed by atoms with E-state index in [0.717, 1.165) is 0 Å². The molecule has 104 valence electrons. The summed E-state index contributed by atoms with van der Waals surface area (Å²) in [5, 5.41) is 2.49. The second kappa shape index (κ2) is 5.65. The van der Waals surface area contributed by atoms with Crippen LogP contribution in [0.3, 0.4) is 0 Å². The maximum Gasteiger partial charge on any atom is 0.258 e. The molecule has 0 aliphatic carbocycles. The van der Waals surface area contributed by atoms with Crippen molar-refractivity contribution in [2.24, 2.45) is 0 Å². The molecule has 0 atom stereocenters. The van der Waals surface area contributed by atoms with Crippen LogP contribution in [-0.2, 0) is 11.3 Å². The Bertz CT molecular complexity index is 457. The SMILES string of the molecule is CN1CCC(F)(C(=O)NCc2ccccc2F)CC1. The van der Waals surface area contributed by atoms with Crippen LogP contribution in [0.1, 0.15) is 18.4 Å². The van der Waals surface area contributed by atoms with Crippen LogP contribution in [0.5, 0.6) is 0 Å². The molecule has 1 heterocycles. The van der Waals surface area contributed by atoms with Crippen molar-refractivity contribution in [3.63, 3.8) is 0 Å². The van der Waals surface area contributed by atoms with Gasteiger partial charge in [-0.1, -0.05) is 18.2 Å². The van der Waals surface area contributed by atoms with Crippen LogP contribution in [0, 0.1) is 5.82 Å². The lowest BCUT2D eigenvalue weighted by atomic mass is 9.92. The fraction of sp³-hybridized carbons (Fsp3) is 0.500. The summed E-state index contributed by atoms with van der Waals surface area (Å²) >= 11 is 0. The summed E-state index contributed by atoms with van der Waals surface area (Å²) in [4.78, 5) is 13.9. The van der Waals surface area contributed by atoms with E-state index in [9.17, 15) is 13.6 Å². The van der Waals surface area contributed by atoms with Gasteiger partial charge in [0.05, 0.1) is 0 Å². The highest BCUT2D eigenvalue weighted by Crippen LogP contribution is 2.26. The van der Waals surface area contributed by atoms with Crippen molar-refractivity contribution < 1.29 is 13.6 Å². The van der Waals surface area contributed by atoms with Gasteiger partial charge in [0.25, 0.3) is 5.91 Å². The van der Waals surface area contributed by atoms with Gasteiger partial charge in [-0.3, -0.25) is 4.79 Å². The highest BCUT2D eigenvalue weighted by Gasteiger charge is 2.40. The summed E-state index contributed by atoms with van der Waals surface area (Å²) in [6.07, 6.45) is 0.374. The van der Waals surface area contributed by atoms with Crippen molar-refractivity contribution in [2.45, 2.75) is 25.1 Å². The van der Waals surface area contributed by atoms with E-state index in [1.807, 2.05) is 11.9 Å². The van der Waals surface area contributed by atoms with Crippen molar-refractivity contribution in [2.75, 3.05) is 20.1 Å². The summed E-state index contributed by atoms with van der Waals surface area (Å²) in [6, 6.07) is 6.16. The zero-order valence-electron chi connectivity index (χ0n) is 11.0. The molecule has 0 radical (unpaired) electrons. The molecule has 1 fully saturated rings. The molecule has 0 saturated carbocycles. The molecule has 1 aliphatic rings. The van der Waals surface area contributed by atoms with E-state index >= 15 is 0 Å². The summed E-state index contributed by atoms with van der Waals surface area (Å²) in [5.74, 6) is -1.03. The largest absolute Gasteiger partial charge is 0.349 e. The Morgan fingerprint density at radius 1 is 1.37 bits per heavy atom. The molecule has 1 aliphatic heterocycles. The maximum absolute atomic E-state index is 14.4. The van der Waals surface area contributed by atoms with Gasteiger partial charge in [-0.15, -0.1) is 0 Å². The van der Waals surface area contributed by atoms with Gasteiger partial charge in [-0.2, -0.15) is 0 Å². The summed E-state index contributed by atoms with van der Waals surface area (Å²) in [5.41, 5.74) is -1.45. The van der Waals surface area contributed by atoms with Gasteiger partial charge in [0, 0.05) is 38.0 Å². The Kier molecular flexibility index (Phi) is 4.14. The van der Waals surface area contributed by atoms with Crippen molar-refractivity contribution in [3.8, 4) is 0 Å². The predicted molar refractivity (Wildman–Crippen MR) is 68.8 cm³/mol. The van der Waals surface area contributed by atoms with Crippen LogP contribution < -0.4 is 5.32 Å². The molecule has 0 aromatic heterocycles. The fourth-order valence-electron chi connectivity index (χ4n) is 2.18. The van der Waals surface area contributed by atoms with Gasteiger partial charge < -0.3 is 10.2 Å². The first-order valence-corrected chi connectivity index (χ1v) is 6.40. The Morgan fingerprint density at radius 3 is 2.63 bits per heavy atom. The van der Waals surface area contributed by atoms with E-state index in [-0.39, 0.29) is 25.2 Å². The number of hydrogen-bond donors (Lipinski definition) is 1. The number of hydrogen-bond acceptors (Lipinski definition) is 2. The molecule has 1 amide bonds. The fourth-order valence-corrected chi connectivity index (χ4v) is 2.18. The van der Waals surface area contributed by atoms with E-state index in [1.54, 1.807) is 18.2 Å². The first-order valence-electron chi connectivity index (χ1n) is 6.40. The van der Waals surface area contributed by atoms with Crippen LogP contribution in [0.15, 0.2) is 24.3 Å². The van der Waals surface area contributed by atoms with E-state index < -0.39 is 11.6 Å². The highest BCUT2D eigenvalue weighted by atomic mass is 19.1. The third-order valence-electron chi connectivity index (χ3n) is 3.58. The van der Waals surface area contributed by atoms with Gasteiger partial charge in [0.1, 0.15) is 5.82 Å². The Labute approximate surface area is 111 Å². The summed E-state index contributed by atoms with van der Waals surface area (Å²) < 4.78 is 27.8. The minimum absolute atomic E-state index is 0.0208. The number of nitrogens with zero attached hydrogens (tertiary/aromatic N) is 1. The molecule has 5 heteroatoms. The van der Waals surface area contributed by atoms with Crippen LogP contribution in [0.2, 0.25) is 0 Å². The standard InChI is InChI=1S/C14H18F2N2O/c1-18-8-6-14(16,7-9-18)13(19)17-10-11-4-2-3-5-12(11)15/h2-5H,6-10H2,1H3,(H,17,19). The van der Waals surface area contributed by atoms with Crippen molar-refractivity contribution in [1.82, 2.24) is 10.2 Å². The zero-order chi connectivity index (χ0) is 13.9. The van der Waals surface area contributed by atoms with Crippen molar-refractivity contribution in [1.29, 1.82) is 0 Å². The molecule has 1 aromatic rings. The van der Waals surface area contributed by atoms with Crippen LogP contribution in [0.4, 0.5) is 8.78 Å². The topological polar surface area (TPSA) is 32.3 Å². The lowest BCUT2D eigenvalue weighted by Gasteiger charge is -2.33. The van der Waals surface area contributed by atoms with Crippen molar-refractivity contribution in [3.05, 3.63) is 35.6 Å². The van der Waals surface area contributed by atoms with Gasteiger partial charge in [-0.05, 0) is 13.1 Å². The monoisotopic (exact) mass is 268 g/mol. The number of carbonyl (C=O) groups excluding carboxylic acids is 1. The number of carbonyl (C=O) groups is 1. The van der Waals surface area contributed by atoms with Crippen LogP contribution in [0.25, 0.3) is 0 Å². The molecule has 1 N–H and O–H groups in total. The Hall–Kier alpha value is -1.49. The molecule has 2 rings (SSSR count). The minimum atomic E-state index is -1.82. The quantitative estimate of drug-likeness (QED) is 0.907. The summed E-state index contributed by atoms with van der Waals surface area (Å²) in [7, 11) is 1.90. The van der Waals surface area contributed by atoms with Crippen LogP contribution in [-0.4, -0.2) is 36.6 Å². The molecule has 1 saturated heterocycles. The van der Waals surface area contributed by atoms with Gasteiger partial charge in [0.2, 0.25) is 0 Å².